The van der Waals surface area contributed by atoms with Crippen LogP contribution in [0, 0.1) is 23.2 Å². The summed E-state index contributed by atoms with van der Waals surface area (Å²) in [5.41, 5.74) is 13.9. The van der Waals surface area contributed by atoms with Crippen LogP contribution in [0.25, 0.3) is 0 Å². The summed E-state index contributed by atoms with van der Waals surface area (Å²) in [6.45, 7) is 0. The van der Waals surface area contributed by atoms with E-state index in [1.807, 2.05) is 6.07 Å². The number of hydrogen-bond acceptors (Lipinski definition) is 3. The molecular weight excluding hydrogens is 270 g/mol. The van der Waals surface area contributed by atoms with Gasteiger partial charge in [0.05, 0.1) is 5.02 Å². The monoisotopic (exact) mass is 291 g/mol. The second kappa shape index (κ2) is 4.35. The molecule has 4 heteroatoms. The number of pyridine rings is 1. The van der Waals surface area contributed by atoms with Crippen molar-refractivity contribution in [1.29, 1.82) is 0 Å². The molecule has 0 spiro atoms. The van der Waals surface area contributed by atoms with Crippen LogP contribution < -0.4 is 11.5 Å². The number of nitrogens with zero attached hydrogens (tertiary/aromatic N) is 1. The molecule has 1 unspecified atom stereocenters. The first-order valence-electron chi connectivity index (χ1n) is 7.72. The first-order chi connectivity index (χ1) is 9.56. The zero-order chi connectivity index (χ0) is 13.9. The smallest absolute Gasteiger partial charge is 0.128 e. The van der Waals surface area contributed by atoms with Crippen LogP contribution in [-0.4, -0.2) is 4.98 Å². The van der Waals surface area contributed by atoms with Crippen LogP contribution in [0.1, 0.15) is 50.1 Å². The number of aromatic nitrogens is 1. The molecule has 3 nitrogen and oxygen atoms in total. The molecule has 4 saturated carbocycles. The van der Waals surface area contributed by atoms with Crippen LogP contribution in [0.4, 0.5) is 5.82 Å². The predicted octanol–water partition coefficient (Wildman–Crippen LogP) is 3.53. The third-order valence-corrected chi connectivity index (χ3v) is 6.20. The molecule has 4 aliphatic carbocycles. The maximum Gasteiger partial charge on any atom is 0.128 e. The van der Waals surface area contributed by atoms with E-state index >= 15 is 0 Å². The fraction of sp³-hybridized carbons (Fsp3) is 0.688. The van der Waals surface area contributed by atoms with Gasteiger partial charge >= 0.3 is 0 Å². The molecule has 4 N–H and O–H groups in total. The summed E-state index contributed by atoms with van der Waals surface area (Å²) in [6, 6.07) is 1.91. The van der Waals surface area contributed by atoms with E-state index in [0.717, 1.165) is 23.3 Å². The second-order valence-corrected chi connectivity index (χ2v) is 7.82. The van der Waals surface area contributed by atoms with Crippen LogP contribution in [0.3, 0.4) is 0 Å². The average molecular weight is 292 g/mol. The fourth-order valence-electron chi connectivity index (χ4n) is 5.60. The highest BCUT2D eigenvalue weighted by atomic mass is 35.5. The summed E-state index contributed by atoms with van der Waals surface area (Å²) in [7, 11) is 0. The van der Waals surface area contributed by atoms with E-state index in [1.54, 1.807) is 6.20 Å². The van der Waals surface area contributed by atoms with Crippen molar-refractivity contribution in [3.05, 3.63) is 22.8 Å². The topological polar surface area (TPSA) is 64.9 Å². The maximum absolute atomic E-state index is 6.69. The number of hydrogen-bond donors (Lipinski definition) is 2. The third kappa shape index (κ3) is 1.86. The van der Waals surface area contributed by atoms with Crippen LogP contribution in [-0.2, 0) is 0 Å². The largest absolute Gasteiger partial charge is 0.383 e. The zero-order valence-electron chi connectivity index (χ0n) is 11.7. The van der Waals surface area contributed by atoms with Crippen molar-refractivity contribution in [3.8, 4) is 0 Å². The Balaban J connectivity index is 1.71. The molecule has 4 bridgehead atoms. The summed E-state index contributed by atoms with van der Waals surface area (Å²) in [4.78, 5) is 4.19. The lowest BCUT2D eigenvalue weighted by atomic mass is 9.47. The van der Waals surface area contributed by atoms with Gasteiger partial charge in [-0.3, -0.25) is 0 Å². The van der Waals surface area contributed by atoms with Gasteiger partial charge in [-0.25, -0.2) is 4.98 Å². The Hall–Kier alpha value is -0.800. The van der Waals surface area contributed by atoms with E-state index < -0.39 is 0 Å². The summed E-state index contributed by atoms with van der Waals surface area (Å²) in [5.74, 6) is 3.22. The van der Waals surface area contributed by atoms with Gasteiger partial charge in [0.25, 0.3) is 0 Å². The number of nitrogen functional groups attached to an aromatic ring is 1. The number of halogens is 1. The number of nitrogens with two attached hydrogens (primary N) is 2. The first-order valence-corrected chi connectivity index (χ1v) is 8.10. The highest BCUT2D eigenvalue weighted by Crippen LogP contribution is 2.63. The minimum Gasteiger partial charge on any atom is -0.383 e. The van der Waals surface area contributed by atoms with Gasteiger partial charge in [-0.2, -0.15) is 0 Å². The van der Waals surface area contributed by atoms with E-state index in [-0.39, 0.29) is 11.5 Å². The second-order valence-electron chi connectivity index (χ2n) is 7.39. The van der Waals surface area contributed by atoms with Gasteiger partial charge in [0.1, 0.15) is 5.82 Å². The van der Waals surface area contributed by atoms with Crippen LogP contribution in [0.2, 0.25) is 5.02 Å². The third-order valence-electron chi connectivity index (χ3n) is 6.00. The minimum atomic E-state index is -0.0119. The number of anilines is 1. The van der Waals surface area contributed by atoms with Gasteiger partial charge in [0, 0.05) is 17.8 Å². The Kier molecular flexibility index (Phi) is 2.80. The average Bonchev–Trinajstić information content (AvgIpc) is 2.39. The highest BCUT2D eigenvalue weighted by Gasteiger charge is 2.53. The Labute approximate surface area is 125 Å². The Bertz CT molecular complexity index is 507. The van der Waals surface area contributed by atoms with Gasteiger partial charge in [-0.15, -0.1) is 0 Å². The van der Waals surface area contributed by atoms with Crippen molar-refractivity contribution >= 4 is 17.4 Å². The van der Waals surface area contributed by atoms with Crippen molar-refractivity contribution in [2.75, 3.05) is 5.73 Å². The lowest BCUT2D eigenvalue weighted by Crippen LogP contribution is -2.51. The summed E-state index contributed by atoms with van der Waals surface area (Å²) < 4.78 is 0. The summed E-state index contributed by atoms with van der Waals surface area (Å²) in [6.07, 6.45) is 9.69. The molecule has 4 aliphatic rings. The molecule has 20 heavy (non-hydrogen) atoms. The Morgan fingerprint density at radius 1 is 1.15 bits per heavy atom. The highest BCUT2D eigenvalue weighted by molar-refractivity contribution is 6.30. The minimum absolute atomic E-state index is 0.0119. The van der Waals surface area contributed by atoms with E-state index in [0.29, 0.717) is 10.8 Å². The van der Waals surface area contributed by atoms with E-state index in [1.165, 1.54) is 38.5 Å². The molecule has 1 aromatic rings. The molecule has 0 aliphatic heterocycles. The molecule has 0 saturated heterocycles. The molecule has 0 radical (unpaired) electrons. The first kappa shape index (κ1) is 12.9. The molecular formula is C16H22ClN3. The van der Waals surface area contributed by atoms with Gasteiger partial charge < -0.3 is 11.5 Å². The van der Waals surface area contributed by atoms with Gasteiger partial charge in [0.15, 0.2) is 0 Å². The quantitative estimate of drug-likeness (QED) is 0.876. The number of rotatable bonds is 2. The molecule has 5 rings (SSSR count). The van der Waals surface area contributed by atoms with Crippen LogP contribution in [0.15, 0.2) is 12.3 Å². The maximum atomic E-state index is 6.69. The van der Waals surface area contributed by atoms with Gasteiger partial charge in [-0.05, 0) is 67.8 Å². The zero-order valence-corrected chi connectivity index (χ0v) is 12.4. The fourth-order valence-corrected chi connectivity index (χ4v) is 5.77. The SMILES string of the molecule is Nc1ncc(Cl)cc1C(N)C12CC3CC(CC(C3)C1)C2. The molecule has 0 amide bonds. The Morgan fingerprint density at radius 3 is 2.25 bits per heavy atom. The lowest BCUT2D eigenvalue weighted by Gasteiger charge is -2.59. The molecule has 0 aromatic carbocycles. The van der Waals surface area contributed by atoms with E-state index in [2.05, 4.69) is 4.98 Å². The predicted molar refractivity (Wildman–Crippen MR) is 81.2 cm³/mol. The van der Waals surface area contributed by atoms with Crippen molar-refractivity contribution in [2.24, 2.45) is 28.9 Å². The summed E-state index contributed by atoms with van der Waals surface area (Å²) >= 11 is 6.09. The normalized spacial score (nSPS) is 40.0. The van der Waals surface area contributed by atoms with Crippen molar-refractivity contribution in [3.63, 3.8) is 0 Å². The molecule has 108 valence electrons. The lowest BCUT2D eigenvalue weighted by molar-refractivity contribution is -0.0677. The van der Waals surface area contributed by atoms with Crippen molar-refractivity contribution < 1.29 is 0 Å². The van der Waals surface area contributed by atoms with Crippen LogP contribution >= 0.6 is 11.6 Å². The van der Waals surface area contributed by atoms with E-state index in [9.17, 15) is 0 Å². The standard InChI is InChI=1S/C16H22ClN3/c17-12-4-13(15(19)20-8-12)14(18)16-5-9-1-10(6-16)3-11(2-9)7-16/h4,8-11,14H,1-3,5-7,18H2,(H2,19,20). The van der Waals surface area contributed by atoms with Crippen molar-refractivity contribution in [2.45, 2.75) is 44.6 Å². The Morgan fingerprint density at radius 2 is 1.70 bits per heavy atom. The van der Waals surface area contributed by atoms with Gasteiger partial charge in [0.2, 0.25) is 0 Å². The van der Waals surface area contributed by atoms with Crippen molar-refractivity contribution in [1.82, 2.24) is 4.98 Å². The molecule has 4 fully saturated rings. The summed E-state index contributed by atoms with van der Waals surface area (Å²) in [5, 5.41) is 0.634. The van der Waals surface area contributed by atoms with E-state index in [4.69, 9.17) is 23.1 Å². The molecule has 1 atom stereocenters. The van der Waals surface area contributed by atoms with Gasteiger partial charge in [-0.1, -0.05) is 11.6 Å². The molecule has 1 heterocycles. The molecule has 1 aromatic heterocycles. The van der Waals surface area contributed by atoms with Crippen LogP contribution in [0.5, 0.6) is 0 Å².